The number of halogens is 3. The molecule has 0 saturated carbocycles. The van der Waals surface area contributed by atoms with E-state index < -0.39 is 11.6 Å². The predicted molar refractivity (Wildman–Crippen MR) is 78.6 cm³/mol. The highest BCUT2D eigenvalue weighted by Gasteiger charge is 2.11. The highest BCUT2D eigenvalue weighted by molar-refractivity contribution is 9.11. The Morgan fingerprint density at radius 1 is 1.16 bits per heavy atom. The first kappa shape index (κ1) is 14.6. The normalized spacial score (nSPS) is 12.6. The Morgan fingerprint density at radius 2 is 1.84 bits per heavy atom. The van der Waals surface area contributed by atoms with E-state index >= 15 is 0 Å². The van der Waals surface area contributed by atoms with Gasteiger partial charge in [0.05, 0.1) is 3.79 Å². The van der Waals surface area contributed by atoms with Crippen LogP contribution in [0.15, 0.2) is 34.1 Å². The molecule has 0 radical (unpaired) electrons. The van der Waals surface area contributed by atoms with Crippen molar-refractivity contribution in [2.24, 2.45) is 0 Å². The van der Waals surface area contributed by atoms with Gasteiger partial charge in [0.1, 0.15) is 11.6 Å². The summed E-state index contributed by atoms with van der Waals surface area (Å²) in [5.74, 6) is -1.05. The van der Waals surface area contributed by atoms with Gasteiger partial charge in [0.15, 0.2) is 0 Å². The Kier molecular flexibility index (Phi) is 5.07. The smallest absolute Gasteiger partial charge is 0.126 e. The molecule has 0 aliphatic rings. The van der Waals surface area contributed by atoms with Crippen molar-refractivity contribution in [3.05, 3.63) is 56.2 Å². The van der Waals surface area contributed by atoms with Crippen LogP contribution in [0.1, 0.15) is 10.4 Å². The summed E-state index contributed by atoms with van der Waals surface area (Å²) in [6.07, 6.45) is 1.44. The first-order chi connectivity index (χ1) is 9.06. The third kappa shape index (κ3) is 4.37. The molecule has 0 amide bonds. The molecule has 102 valence electrons. The predicted octanol–water partition coefficient (Wildman–Crippen LogP) is 4.16. The van der Waals surface area contributed by atoms with Gasteiger partial charge in [-0.15, -0.1) is 11.3 Å². The summed E-state index contributed by atoms with van der Waals surface area (Å²) in [7, 11) is 1.86. The van der Waals surface area contributed by atoms with E-state index in [9.17, 15) is 8.78 Å². The van der Waals surface area contributed by atoms with Crippen LogP contribution >= 0.6 is 27.3 Å². The Labute approximate surface area is 123 Å². The summed E-state index contributed by atoms with van der Waals surface area (Å²) in [6.45, 7) is 0. The lowest BCUT2D eigenvalue weighted by atomic mass is 10.0. The highest BCUT2D eigenvalue weighted by atomic mass is 79.9. The van der Waals surface area contributed by atoms with Crippen LogP contribution < -0.4 is 5.32 Å². The zero-order valence-electron chi connectivity index (χ0n) is 10.4. The van der Waals surface area contributed by atoms with Gasteiger partial charge in [0.25, 0.3) is 0 Å². The zero-order valence-corrected chi connectivity index (χ0v) is 12.8. The summed E-state index contributed by atoms with van der Waals surface area (Å²) in [4.78, 5) is 1.24. The van der Waals surface area contributed by atoms with Crippen LogP contribution in [0.4, 0.5) is 8.78 Å². The molecule has 0 bridgehead atoms. The summed E-state index contributed by atoms with van der Waals surface area (Å²) < 4.78 is 27.4. The number of likely N-dealkylation sites (N-methyl/N-ethyl adjacent to an activating group) is 1. The zero-order chi connectivity index (χ0) is 13.8. The van der Waals surface area contributed by atoms with E-state index in [1.807, 2.05) is 13.1 Å². The van der Waals surface area contributed by atoms with Crippen molar-refractivity contribution in [3.8, 4) is 0 Å². The molecule has 1 aromatic heterocycles. The van der Waals surface area contributed by atoms with Crippen LogP contribution in [0.2, 0.25) is 0 Å². The standard InChI is InChI=1S/C14H14BrF2NS/c1-18-12(8-13-2-3-14(15)19-13)6-9-4-10(16)7-11(17)5-9/h2-5,7,12,18H,6,8H2,1H3. The molecule has 5 heteroatoms. The molecule has 1 heterocycles. The monoisotopic (exact) mass is 345 g/mol. The number of rotatable bonds is 5. The summed E-state index contributed by atoms with van der Waals surface area (Å²) in [5, 5.41) is 3.19. The third-order valence-electron chi connectivity index (χ3n) is 2.89. The van der Waals surface area contributed by atoms with Gasteiger partial charge in [-0.1, -0.05) is 0 Å². The largest absolute Gasteiger partial charge is 0.316 e. The van der Waals surface area contributed by atoms with Crippen LogP contribution in [0.25, 0.3) is 0 Å². The summed E-state index contributed by atoms with van der Waals surface area (Å²) >= 11 is 5.11. The molecular weight excluding hydrogens is 332 g/mol. The van der Waals surface area contributed by atoms with Crippen molar-refractivity contribution in [2.75, 3.05) is 7.05 Å². The second-order valence-corrected chi connectivity index (χ2v) is 6.92. The Hall–Kier alpha value is -0.780. The van der Waals surface area contributed by atoms with E-state index in [-0.39, 0.29) is 6.04 Å². The second kappa shape index (κ2) is 6.59. The van der Waals surface area contributed by atoms with Crippen LogP contribution in [-0.4, -0.2) is 13.1 Å². The van der Waals surface area contributed by atoms with Gasteiger partial charge in [-0.05, 0) is 65.6 Å². The van der Waals surface area contributed by atoms with Crippen molar-refractivity contribution in [1.29, 1.82) is 0 Å². The average Bonchev–Trinajstić information content (AvgIpc) is 2.72. The molecule has 2 aromatic rings. The van der Waals surface area contributed by atoms with E-state index in [0.717, 1.165) is 16.3 Å². The SMILES string of the molecule is CNC(Cc1cc(F)cc(F)c1)Cc1ccc(Br)s1. The van der Waals surface area contributed by atoms with Crippen molar-refractivity contribution >= 4 is 27.3 Å². The first-order valence-corrected chi connectivity index (χ1v) is 7.54. The third-order valence-corrected chi connectivity index (χ3v) is 4.54. The van der Waals surface area contributed by atoms with Gasteiger partial charge in [0.2, 0.25) is 0 Å². The van der Waals surface area contributed by atoms with E-state index in [2.05, 4.69) is 27.3 Å². The molecular formula is C14H14BrF2NS. The van der Waals surface area contributed by atoms with Crippen molar-refractivity contribution in [2.45, 2.75) is 18.9 Å². The molecule has 1 atom stereocenters. The van der Waals surface area contributed by atoms with Gasteiger partial charge in [0, 0.05) is 17.0 Å². The van der Waals surface area contributed by atoms with Gasteiger partial charge in [-0.3, -0.25) is 0 Å². The lowest BCUT2D eigenvalue weighted by molar-refractivity contribution is 0.546. The average molecular weight is 346 g/mol. The fourth-order valence-corrected chi connectivity index (χ4v) is 3.56. The summed E-state index contributed by atoms with van der Waals surface area (Å²) in [5.41, 5.74) is 0.674. The number of thiophene rings is 1. The van der Waals surface area contributed by atoms with E-state index in [1.54, 1.807) is 11.3 Å². The first-order valence-electron chi connectivity index (χ1n) is 5.93. The molecule has 0 spiro atoms. The van der Waals surface area contributed by atoms with E-state index in [1.165, 1.54) is 17.0 Å². The molecule has 2 rings (SSSR count). The van der Waals surface area contributed by atoms with E-state index in [4.69, 9.17) is 0 Å². The fourth-order valence-electron chi connectivity index (χ4n) is 1.99. The minimum absolute atomic E-state index is 0.159. The topological polar surface area (TPSA) is 12.0 Å². The minimum Gasteiger partial charge on any atom is -0.316 e. The van der Waals surface area contributed by atoms with E-state index in [0.29, 0.717) is 12.0 Å². The van der Waals surface area contributed by atoms with Crippen molar-refractivity contribution < 1.29 is 8.78 Å². The molecule has 1 nitrogen and oxygen atoms in total. The van der Waals surface area contributed by atoms with Gasteiger partial charge >= 0.3 is 0 Å². The lowest BCUT2D eigenvalue weighted by Crippen LogP contribution is -2.29. The Morgan fingerprint density at radius 3 is 2.37 bits per heavy atom. The van der Waals surface area contributed by atoms with Crippen LogP contribution in [0, 0.1) is 11.6 Å². The molecule has 1 aromatic carbocycles. The van der Waals surface area contributed by atoms with Gasteiger partial charge in [-0.25, -0.2) is 8.78 Å². The fraction of sp³-hybridized carbons (Fsp3) is 0.286. The quantitative estimate of drug-likeness (QED) is 0.857. The molecule has 19 heavy (non-hydrogen) atoms. The lowest BCUT2D eigenvalue weighted by Gasteiger charge is -2.15. The number of benzene rings is 1. The molecule has 0 aliphatic carbocycles. The molecule has 0 fully saturated rings. The second-order valence-electron chi connectivity index (χ2n) is 4.38. The van der Waals surface area contributed by atoms with Crippen molar-refractivity contribution in [3.63, 3.8) is 0 Å². The van der Waals surface area contributed by atoms with Crippen LogP contribution in [0.5, 0.6) is 0 Å². The van der Waals surface area contributed by atoms with Crippen LogP contribution in [0.3, 0.4) is 0 Å². The molecule has 0 aliphatic heterocycles. The maximum absolute atomic E-state index is 13.1. The number of nitrogens with one attached hydrogen (secondary N) is 1. The Bertz CT molecular complexity index is 536. The molecule has 1 unspecified atom stereocenters. The number of hydrogen-bond acceptors (Lipinski definition) is 2. The Balaban J connectivity index is 2.06. The highest BCUT2D eigenvalue weighted by Crippen LogP contribution is 2.23. The number of hydrogen-bond donors (Lipinski definition) is 1. The maximum Gasteiger partial charge on any atom is 0.126 e. The van der Waals surface area contributed by atoms with Gasteiger partial charge in [-0.2, -0.15) is 0 Å². The van der Waals surface area contributed by atoms with Crippen molar-refractivity contribution in [1.82, 2.24) is 5.32 Å². The minimum atomic E-state index is -0.524. The summed E-state index contributed by atoms with van der Waals surface area (Å²) in [6, 6.07) is 7.90. The molecule has 0 saturated heterocycles. The maximum atomic E-state index is 13.1. The van der Waals surface area contributed by atoms with Crippen LogP contribution in [-0.2, 0) is 12.8 Å². The van der Waals surface area contributed by atoms with Gasteiger partial charge < -0.3 is 5.32 Å². The molecule has 1 N–H and O–H groups in total.